The number of hydrogen-bond acceptors (Lipinski definition) is 5. The number of aromatic nitrogens is 1. The Balaban J connectivity index is 2.70. The van der Waals surface area contributed by atoms with E-state index in [1.54, 1.807) is 0 Å². The van der Waals surface area contributed by atoms with Gasteiger partial charge in [0.25, 0.3) is 6.43 Å². The fourth-order valence-electron chi connectivity index (χ4n) is 0.637. The van der Waals surface area contributed by atoms with Crippen molar-refractivity contribution in [1.29, 1.82) is 0 Å². The third kappa shape index (κ3) is 3.16. The number of nitrogens with one attached hydrogen (secondary N) is 1. The van der Waals surface area contributed by atoms with Gasteiger partial charge in [0.05, 0.1) is 12.7 Å². The highest BCUT2D eigenvalue weighted by atomic mass is 32.2. The predicted octanol–water partition coefficient (Wildman–Crippen LogP) is 0.468. The summed E-state index contributed by atoms with van der Waals surface area (Å²) in [5.74, 6) is 0. The van der Waals surface area contributed by atoms with Crippen molar-refractivity contribution in [3.63, 3.8) is 0 Å². The minimum atomic E-state index is -3.79. The summed E-state index contributed by atoms with van der Waals surface area (Å²) in [4.78, 5) is 3.57. The lowest BCUT2D eigenvalue weighted by Crippen LogP contribution is -2.10. The van der Waals surface area contributed by atoms with Crippen LogP contribution >= 0.6 is 11.3 Å². The van der Waals surface area contributed by atoms with Crippen molar-refractivity contribution < 1.29 is 17.2 Å². The molecule has 80 valence electrons. The molecule has 0 amide bonds. The lowest BCUT2D eigenvalue weighted by atomic mass is 10.7. The van der Waals surface area contributed by atoms with Gasteiger partial charge in [-0.25, -0.2) is 27.3 Å². The molecule has 0 aliphatic carbocycles. The molecule has 0 spiro atoms. The lowest BCUT2D eigenvalue weighted by Gasteiger charge is -1.98. The maximum Gasteiger partial charge on any atom is 0.255 e. The Morgan fingerprint density at radius 2 is 2.29 bits per heavy atom. The van der Waals surface area contributed by atoms with Crippen LogP contribution in [0.15, 0.2) is 10.4 Å². The normalized spacial score (nSPS) is 12.0. The average Bonchev–Trinajstić information content (AvgIpc) is 2.47. The molecule has 0 atom stereocenters. The monoisotopic (exact) mass is 243 g/mol. The number of sulfonamides is 1. The van der Waals surface area contributed by atoms with Gasteiger partial charge in [0.2, 0.25) is 10.0 Å². The van der Waals surface area contributed by atoms with Crippen molar-refractivity contribution in [3.8, 4) is 0 Å². The van der Waals surface area contributed by atoms with Crippen LogP contribution in [0.5, 0.6) is 0 Å². The maximum atomic E-state index is 11.7. The van der Waals surface area contributed by atoms with Crippen LogP contribution in [0.4, 0.5) is 13.9 Å². The smallest absolute Gasteiger partial charge is 0.255 e. The van der Waals surface area contributed by atoms with E-state index in [0.29, 0.717) is 11.3 Å². The Morgan fingerprint density at radius 1 is 1.64 bits per heavy atom. The molecule has 14 heavy (non-hydrogen) atoms. The summed E-state index contributed by atoms with van der Waals surface area (Å²) < 4.78 is 44.8. The first kappa shape index (κ1) is 11.3. The first-order valence-corrected chi connectivity index (χ1v) is 5.76. The quantitative estimate of drug-likeness (QED) is 0.804. The molecule has 0 saturated carbocycles. The van der Waals surface area contributed by atoms with E-state index in [9.17, 15) is 17.2 Å². The fraction of sp³-hybridized carbons (Fsp3) is 0.400. The van der Waals surface area contributed by atoms with Crippen LogP contribution in [-0.2, 0) is 10.0 Å². The number of primary sulfonamides is 1. The molecule has 0 aliphatic heterocycles. The molecular weight excluding hydrogens is 236 g/mol. The molecular formula is C5H7F2N3O2S2. The molecule has 0 fully saturated rings. The molecule has 1 rings (SSSR count). The summed E-state index contributed by atoms with van der Waals surface area (Å²) in [5, 5.41) is 7.17. The summed E-state index contributed by atoms with van der Waals surface area (Å²) in [5.41, 5.74) is 0. The summed E-state index contributed by atoms with van der Waals surface area (Å²) >= 11 is 0.713. The van der Waals surface area contributed by atoms with E-state index in [-0.39, 0.29) is 9.34 Å². The largest absolute Gasteiger partial charge is 0.356 e. The second-order valence-electron chi connectivity index (χ2n) is 2.30. The van der Waals surface area contributed by atoms with E-state index in [1.807, 2.05) is 0 Å². The third-order valence-corrected chi connectivity index (χ3v) is 3.54. The highest BCUT2D eigenvalue weighted by Crippen LogP contribution is 2.21. The summed E-state index contributed by atoms with van der Waals surface area (Å²) in [6.07, 6.45) is -1.50. The van der Waals surface area contributed by atoms with Crippen LogP contribution in [0.1, 0.15) is 0 Å². The molecule has 0 aromatic carbocycles. The van der Waals surface area contributed by atoms with Gasteiger partial charge >= 0.3 is 0 Å². The van der Waals surface area contributed by atoms with Crippen LogP contribution in [0.25, 0.3) is 0 Å². The van der Waals surface area contributed by atoms with Gasteiger partial charge in [0.1, 0.15) is 0 Å². The Kier molecular flexibility index (Phi) is 3.34. The summed E-state index contributed by atoms with van der Waals surface area (Å²) in [7, 11) is -3.79. The molecule has 0 aliphatic rings. The number of halogens is 2. The molecule has 5 nitrogen and oxygen atoms in total. The topological polar surface area (TPSA) is 85.1 Å². The molecule has 9 heteroatoms. The van der Waals surface area contributed by atoms with Crippen LogP contribution in [0.3, 0.4) is 0 Å². The Bertz CT molecular complexity index is 403. The fourth-order valence-corrected chi connectivity index (χ4v) is 2.09. The maximum absolute atomic E-state index is 11.7. The first-order valence-electron chi connectivity index (χ1n) is 3.40. The van der Waals surface area contributed by atoms with E-state index in [0.717, 1.165) is 6.20 Å². The van der Waals surface area contributed by atoms with Gasteiger partial charge in [0, 0.05) is 0 Å². The lowest BCUT2D eigenvalue weighted by molar-refractivity contribution is 0.163. The van der Waals surface area contributed by atoms with E-state index in [4.69, 9.17) is 5.14 Å². The van der Waals surface area contributed by atoms with Crippen molar-refractivity contribution in [2.24, 2.45) is 5.14 Å². The Morgan fingerprint density at radius 3 is 2.71 bits per heavy atom. The second kappa shape index (κ2) is 4.15. The highest BCUT2D eigenvalue weighted by molar-refractivity contribution is 7.91. The molecule has 0 radical (unpaired) electrons. The van der Waals surface area contributed by atoms with Gasteiger partial charge in [-0.05, 0) is 0 Å². The number of nitrogens with two attached hydrogens (primary N) is 1. The number of nitrogens with zero attached hydrogens (tertiary/aromatic N) is 1. The van der Waals surface area contributed by atoms with Gasteiger partial charge in [-0.3, -0.25) is 0 Å². The molecule has 1 aromatic rings. The Labute approximate surface area is 83.0 Å². The van der Waals surface area contributed by atoms with Gasteiger partial charge in [0.15, 0.2) is 9.34 Å². The molecule has 1 aromatic heterocycles. The predicted molar refractivity (Wildman–Crippen MR) is 48.0 cm³/mol. The van der Waals surface area contributed by atoms with E-state index >= 15 is 0 Å². The van der Waals surface area contributed by atoms with Crippen molar-refractivity contribution in [2.45, 2.75) is 10.6 Å². The van der Waals surface area contributed by atoms with Crippen LogP contribution in [0, 0.1) is 0 Å². The van der Waals surface area contributed by atoms with Gasteiger partial charge in [-0.2, -0.15) is 0 Å². The zero-order chi connectivity index (χ0) is 10.8. The van der Waals surface area contributed by atoms with Crippen molar-refractivity contribution in [2.75, 3.05) is 11.9 Å². The molecule has 3 N–H and O–H groups in total. The zero-order valence-corrected chi connectivity index (χ0v) is 8.41. The SMILES string of the molecule is NS(=O)(=O)c1cnc(NCC(F)F)s1. The molecule has 0 unspecified atom stereocenters. The third-order valence-electron chi connectivity index (χ3n) is 1.17. The highest BCUT2D eigenvalue weighted by Gasteiger charge is 2.13. The second-order valence-corrected chi connectivity index (χ2v) is 5.12. The van der Waals surface area contributed by atoms with Crippen LogP contribution in [0.2, 0.25) is 0 Å². The molecule has 0 bridgehead atoms. The van der Waals surface area contributed by atoms with E-state index in [2.05, 4.69) is 10.3 Å². The van der Waals surface area contributed by atoms with Crippen LogP contribution < -0.4 is 10.5 Å². The van der Waals surface area contributed by atoms with Crippen molar-refractivity contribution >= 4 is 26.5 Å². The van der Waals surface area contributed by atoms with Crippen molar-refractivity contribution in [1.82, 2.24) is 4.98 Å². The number of hydrogen-bond donors (Lipinski definition) is 2. The number of anilines is 1. The molecule has 1 heterocycles. The van der Waals surface area contributed by atoms with Gasteiger partial charge in [-0.15, -0.1) is 0 Å². The standard InChI is InChI=1S/C5H7F2N3O2S2/c6-3(7)1-9-5-10-2-4(13-5)14(8,11)12/h2-3H,1H2,(H,9,10)(H2,8,11,12). The minimum absolute atomic E-state index is 0.106. The zero-order valence-electron chi connectivity index (χ0n) is 6.78. The number of thiazole rings is 1. The Hall–Kier alpha value is -0.800. The van der Waals surface area contributed by atoms with Gasteiger partial charge in [-0.1, -0.05) is 11.3 Å². The average molecular weight is 243 g/mol. The van der Waals surface area contributed by atoms with Gasteiger partial charge < -0.3 is 5.32 Å². The minimum Gasteiger partial charge on any atom is -0.356 e. The van der Waals surface area contributed by atoms with Crippen molar-refractivity contribution in [3.05, 3.63) is 6.20 Å². The first-order chi connectivity index (χ1) is 6.39. The van der Waals surface area contributed by atoms with Crippen LogP contribution in [-0.4, -0.2) is 26.4 Å². The van der Waals surface area contributed by atoms with E-state index < -0.39 is 23.0 Å². The number of alkyl halides is 2. The van der Waals surface area contributed by atoms with E-state index in [1.165, 1.54) is 0 Å². The summed E-state index contributed by atoms with van der Waals surface area (Å²) in [6, 6.07) is 0. The molecule has 0 saturated heterocycles. The summed E-state index contributed by atoms with van der Waals surface area (Å²) in [6.45, 7) is -0.572. The number of rotatable bonds is 4.